The average Bonchev–Trinajstić information content (AvgIpc) is 3.68. The van der Waals surface area contributed by atoms with Crippen molar-refractivity contribution >= 4 is 11.8 Å². The minimum Gasteiger partial charge on any atom is -0.343 e. The molecule has 0 aromatic heterocycles. The number of halogens is 1. The summed E-state index contributed by atoms with van der Waals surface area (Å²) in [6.07, 6.45) is 3.45. The highest BCUT2D eigenvalue weighted by Crippen LogP contribution is 2.38. The largest absolute Gasteiger partial charge is 0.343 e. The average molecular weight is 520 g/mol. The van der Waals surface area contributed by atoms with Crippen molar-refractivity contribution < 1.29 is 14.0 Å². The summed E-state index contributed by atoms with van der Waals surface area (Å²) in [6.45, 7) is 11.7. The number of benzene rings is 2. The molecular formula is C32H42FN3O2. The van der Waals surface area contributed by atoms with Crippen molar-refractivity contribution in [3.8, 4) is 0 Å². The Bertz CT molecular complexity index is 1160. The van der Waals surface area contributed by atoms with Crippen molar-refractivity contribution in [2.75, 3.05) is 32.7 Å². The van der Waals surface area contributed by atoms with Crippen molar-refractivity contribution in [1.82, 2.24) is 14.7 Å². The fourth-order valence-corrected chi connectivity index (χ4v) is 6.38. The van der Waals surface area contributed by atoms with Crippen molar-refractivity contribution in [2.45, 2.75) is 72.1 Å². The summed E-state index contributed by atoms with van der Waals surface area (Å²) in [5, 5.41) is 0. The minimum absolute atomic E-state index is 0.0715. The zero-order chi connectivity index (χ0) is 27.0. The van der Waals surface area contributed by atoms with Crippen molar-refractivity contribution in [2.24, 2.45) is 11.3 Å². The van der Waals surface area contributed by atoms with E-state index in [0.717, 1.165) is 45.4 Å². The summed E-state index contributed by atoms with van der Waals surface area (Å²) in [5.74, 6) is 0.723. The van der Waals surface area contributed by atoms with E-state index >= 15 is 0 Å². The Kier molecular flexibility index (Phi) is 7.63. The fraction of sp³-hybridized carbons (Fsp3) is 0.562. The molecular weight excluding hydrogens is 477 g/mol. The van der Waals surface area contributed by atoms with Gasteiger partial charge in [-0.2, -0.15) is 0 Å². The Morgan fingerprint density at radius 1 is 0.947 bits per heavy atom. The molecule has 1 unspecified atom stereocenters. The number of fused-ring (bicyclic) bond motifs is 1. The van der Waals surface area contributed by atoms with Crippen LogP contribution in [-0.2, 0) is 22.7 Å². The molecule has 2 saturated heterocycles. The molecule has 2 heterocycles. The molecule has 2 fully saturated rings. The van der Waals surface area contributed by atoms with Crippen LogP contribution in [0.5, 0.6) is 0 Å². The number of piperidine rings is 1. The number of hydrogen-bond donors (Lipinski definition) is 0. The first kappa shape index (κ1) is 26.9. The predicted octanol–water partition coefficient (Wildman–Crippen LogP) is 5.36. The van der Waals surface area contributed by atoms with E-state index in [2.05, 4.69) is 60.9 Å². The molecule has 2 aromatic carbocycles. The third-order valence-electron chi connectivity index (χ3n) is 8.87. The quantitative estimate of drug-likeness (QED) is 0.441. The van der Waals surface area contributed by atoms with Crippen molar-refractivity contribution in [3.63, 3.8) is 0 Å². The standard InChI is InChI=1S/C32H42FN3O2/c1-22(37)34-13-11-23(12-14-34)17-30(38)36-16-15-35(21-29(36)32(2,3)4)31(25-7-5-24(20-33)6-8-25)27-10-9-26-18-28(26)19-27/h5-10,19,23,29,31H,11-18,20-21H2,1-4H3/t29-,31?/m1/s1. The van der Waals surface area contributed by atoms with Crippen LogP contribution in [0.3, 0.4) is 0 Å². The normalized spacial score (nSPS) is 21.2. The molecule has 3 aliphatic rings. The van der Waals surface area contributed by atoms with E-state index in [1.165, 1.54) is 22.3 Å². The summed E-state index contributed by atoms with van der Waals surface area (Å²) in [5.41, 5.74) is 5.93. The summed E-state index contributed by atoms with van der Waals surface area (Å²) in [4.78, 5) is 31.9. The number of amides is 2. The van der Waals surface area contributed by atoms with Crippen LogP contribution in [0.25, 0.3) is 0 Å². The van der Waals surface area contributed by atoms with Crippen LogP contribution in [0.1, 0.15) is 80.8 Å². The zero-order valence-electron chi connectivity index (χ0n) is 23.4. The molecule has 2 aliphatic heterocycles. The molecule has 0 spiro atoms. The smallest absolute Gasteiger partial charge is 0.223 e. The Morgan fingerprint density at radius 3 is 2.24 bits per heavy atom. The number of nitrogens with zero attached hydrogens (tertiary/aromatic N) is 3. The van der Waals surface area contributed by atoms with Gasteiger partial charge in [-0.3, -0.25) is 14.5 Å². The molecule has 0 bridgehead atoms. The number of piperazine rings is 1. The fourth-order valence-electron chi connectivity index (χ4n) is 6.38. The van der Waals surface area contributed by atoms with E-state index in [1.54, 1.807) is 6.92 Å². The van der Waals surface area contributed by atoms with E-state index in [0.29, 0.717) is 24.4 Å². The number of carbonyl (C=O) groups excluding carboxylic acids is 2. The molecule has 2 amide bonds. The Balaban J connectivity index is 1.35. The number of carbonyl (C=O) groups is 2. The highest BCUT2D eigenvalue weighted by molar-refractivity contribution is 5.77. The van der Waals surface area contributed by atoms with Gasteiger partial charge in [0.1, 0.15) is 6.67 Å². The Morgan fingerprint density at radius 2 is 1.63 bits per heavy atom. The van der Waals surface area contributed by atoms with E-state index in [9.17, 15) is 14.0 Å². The molecule has 38 heavy (non-hydrogen) atoms. The molecule has 5 nitrogen and oxygen atoms in total. The molecule has 0 radical (unpaired) electrons. The van der Waals surface area contributed by atoms with Crippen molar-refractivity contribution in [3.05, 3.63) is 70.3 Å². The third-order valence-corrected chi connectivity index (χ3v) is 8.87. The topological polar surface area (TPSA) is 43.9 Å². The second-order valence-electron chi connectivity index (χ2n) is 12.6. The molecule has 6 heteroatoms. The first-order chi connectivity index (χ1) is 18.1. The van der Waals surface area contributed by atoms with Crippen LogP contribution in [-0.4, -0.2) is 65.3 Å². The summed E-state index contributed by atoms with van der Waals surface area (Å²) in [6, 6.07) is 14.9. The lowest BCUT2D eigenvalue weighted by atomic mass is 9.82. The number of alkyl halides is 1. The summed E-state index contributed by atoms with van der Waals surface area (Å²) >= 11 is 0. The highest BCUT2D eigenvalue weighted by atomic mass is 19.1. The maximum absolute atomic E-state index is 13.7. The number of likely N-dealkylation sites (tertiary alicyclic amines) is 1. The molecule has 204 valence electrons. The predicted molar refractivity (Wildman–Crippen MR) is 148 cm³/mol. The van der Waals surface area contributed by atoms with Gasteiger partial charge in [-0.25, -0.2) is 4.39 Å². The lowest BCUT2D eigenvalue weighted by Crippen LogP contribution is -2.60. The molecule has 5 rings (SSSR count). The van der Waals surface area contributed by atoms with Gasteiger partial charge in [0.15, 0.2) is 0 Å². The summed E-state index contributed by atoms with van der Waals surface area (Å²) in [7, 11) is 0. The van der Waals surface area contributed by atoms with Crippen LogP contribution in [0.4, 0.5) is 4.39 Å². The van der Waals surface area contributed by atoms with Crippen LogP contribution >= 0.6 is 0 Å². The SMILES string of the molecule is CC(=O)N1CCC(CC(=O)N2CCN(C(c3ccc(CF)cc3)c3ccc4c(c3)C4)C[C@@H]2C(C)(C)C)CC1. The van der Waals surface area contributed by atoms with Crippen LogP contribution in [0.15, 0.2) is 42.5 Å². The number of rotatable bonds is 6. The monoisotopic (exact) mass is 519 g/mol. The molecule has 0 N–H and O–H groups in total. The lowest BCUT2D eigenvalue weighted by Gasteiger charge is -2.50. The molecule has 0 saturated carbocycles. The van der Waals surface area contributed by atoms with Gasteiger partial charge in [0.05, 0.1) is 6.04 Å². The maximum atomic E-state index is 13.7. The van der Waals surface area contributed by atoms with Gasteiger partial charge in [0.25, 0.3) is 0 Å². The van der Waals surface area contributed by atoms with Crippen molar-refractivity contribution in [1.29, 1.82) is 0 Å². The second-order valence-corrected chi connectivity index (χ2v) is 12.6. The second kappa shape index (κ2) is 10.8. The maximum Gasteiger partial charge on any atom is 0.223 e. The van der Waals surface area contributed by atoms with Gasteiger partial charge >= 0.3 is 0 Å². The van der Waals surface area contributed by atoms with E-state index in [-0.39, 0.29) is 29.3 Å². The summed E-state index contributed by atoms with van der Waals surface area (Å²) < 4.78 is 13.3. The zero-order valence-corrected chi connectivity index (χ0v) is 23.4. The van der Waals surface area contributed by atoms with Gasteiger partial charge in [-0.15, -0.1) is 0 Å². The van der Waals surface area contributed by atoms with Crippen LogP contribution < -0.4 is 0 Å². The van der Waals surface area contributed by atoms with E-state index in [1.807, 2.05) is 17.0 Å². The van der Waals surface area contributed by atoms with Gasteiger partial charge in [-0.05, 0) is 58.4 Å². The van der Waals surface area contributed by atoms with Crippen LogP contribution in [0, 0.1) is 11.3 Å². The van der Waals surface area contributed by atoms with Crippen LogP contribution in [0.2, 0.25) is 0 Å². The molecule has 1 aliphatic carbocycles. The van der Waals surface area contributed by atoms with E-state index < -0.39 is 6.67 Å². The first-order valence-corrected chi connectivity index (χ1v) is 14.2. The Hall–Kier alpha value is -2.73. The van der Waals surface area contributed by atoms with Gasteiger partial charge in [0, 0.05) is 52.1 Å². The third kappa shape index (κ3) is 5.80. The number of hydrogen-bond acceptors (Lipinski definition) is 3. The highest BCUT2D eigenvalue weighted by Gasteiger charge is 2.41. The molecule has 2 aromatic rings. The molecule has 2 atom stereocenters. The van der Waals surface area contributed by atoms with Gasteiger partial charge in [-0.1, -0.05) is 63.2 Å². The van der Waals surface area contributed by atoms with Gasteiger partial charge in [0.2, 0.25) is 11.8 Å². The van der Waals surface area contributed by atoms with Gasteiger partial charge < -0.3 is 9.80 Å². The van der Waals surface area contributed by atoms with E-state index in [4.69, 9.17) is 0 Å². The minimum atomic E-state index is -0.454. The first-order valence-electron chi connectivity index (χ1n) is 14.2. The Labute approximate surface area is 227 Å². The lowest BCUT2D eigenvalue weighted by molar-refractivity contribution is -0.141.